The summed E-state index contributed by atoms with van der Waals surface area (Å²) in [6.45, 7) is -0.282. The van der Waals surface area contributed by atoms with Gasteiger partial charge in [0.2, 0.25) is 17.6 Å². The van der Waals surface area contributed by atoms with Crippen LogP contribution in [0.2, 0.25) is 5.02 Å². The molecule has 0 saturated carbocycles. The number of halogens is 4. The Balaban J connectivity index is 2.23. The second-order valence-corrected chi connectivity index (χ2v) is 8.17. The number of alkyl halides is 3. The van der Waals surface area contributed by atoms with E-state index in [1.165, 1.54) is 12.1 Å². The number of benzene rings is 1. The Morgan fingerprint density at radius 2 is 1.94 bits per heavy atom. The number of hydrogen-bond donors (Lipinski definition) is 5. The van der Waals surface area contributed by atoms with Crippen LogP contribution < -0.4 is 21.3 Å². The number of carbonyl (C=O) groups is 5. The van der Waals surface area contributed by atoms with Crippen molar-refractivity contribution in [2.24, 2.45) is 5.92 Å². The number of hydrogen-bond acceptors (Lipinski definition) is 6. The maximum atomic E-state index is 13.0. The zero-order valence-corrected chi connectivity index (χ0v) is 19.1. The van der Waals surface area contributed by atoms with Crippen LogP contribution >= 0.6 is 11.6 Å². The van der Waals surface area contributed by atoms with Gasteiger partial charge in [-0.05, 0) is 31.0 Å². The molecular formula is C21H24ClF3N4O6. The second-order valence-electron chi connectivity index (χ2n) is 7.74. The van der Waals surface area contributed by atoms with Crippen molar-refractivity contribution in [2.45, 2.75) is 37.9 Å². The van der Waals surface area contributed by atoms with Crippen LogP contribution in [-0.2, 0) is 19.2 Å². The fraction of sp³-hybridized carbons (Fsp3) is 0.476. The topological polar surface area (TPSA) is 154 Å². The van der Waals surface area contributed by atoms with Gasteiger partial charge in [0.15, 0.2) is 0 Å². The van der Waals surface area contributed by atoms with E-state index in [1.807, 2.05) is 0 Å². The number of nitrogens with one attached hydrogen (secondary N) is 4. The van der Waals surface area contributed by atoms with Gasteiger partial charge in [0.05, 0.1) is 30.3 Å². The van der Waals surface area contributed by atoms with Gasteiger partial charge in [-0.25, -0.2) is 0 Å². The Kier molecular flexibility index (Phi) is 10.0. The normalized spacial score (nSPS) is 16.3. The average Bonchev–Trinajstić information content (AvgIpc) is 3.20. The van der Waals surface area contributed by atoms with E-state index in [4.69, 9.17) is 16.7 Å². The molecule has 1 fully saturated rings. The van der Waals surface area contributed by atoms with E-state index in [0.29, 0.717) is 13.0 Å². The van der Waals surface area contributed by atoms with E-state index < -0.39 is 61.1 Å². The van der Waals surface area contributed by atoms with E-state index in [1.54, 1.807) is 0 Å². The number of amides is 4. The highest BCUT2D eigenvalue weighted by molar-refractivity contribution is 6.38. The zero-order valence-electron chi connectivity index (χ0n) is 18.3. The van der Waals surface area contributed by atoms with E-state index in [0.717, 1.165) is 6.07 Å². The summed E-state index contributed by atoms with van der Waals surface area (Å²) in [5, 5.41) is 18.2. The molecule has 5 N–H and O–H groups in total. The molecular weight excluding hydrogens is 497 g/mol. The summed E-state index contributed by atoms with van der Waals surface area (Å²) in [6, 6.07) is 2.19. The number of ketones is 1. The van der Waals surface area contributed by atoms with Gasteiger partial charge in [0.1, 0.15) is 0 Å². The second kappa shape index (κ2) is 12.5. The Bertz CT molecular complexity index is 988. The van der Waals surface area contributed by atoms with E-state index >= 15 is 0 Å². The number of aliphatic hydroxyl groups excluding tert-OH is 1. The lowest BCUT2D eigenvalue weighted by atomic mass is 9.95. The lowest BCUT2D eigenvalue weighted by Crippen LogP contribution is -2.49. The summed E-state index contributed by atoms with van der Waals surface area (Å²) >= 11 is 5.93. The van der Waals surface area contributed by atoms with Gasteiger partial charge in [-0.15, -0.1) is 0 Å². The average molecular weight is 521 g/mol. The van der Waals surface area contributed by atoms with Crippen LogP contribution in [0.4, 0.5) is 18.9 Å². The molecule has 1 aromatic carbocycles. The Hall–Kier alpha value is -3.19. The first-order chi connectivity index (χ1) is 16.4. The van der Waals surface area contributed by atoms with Crippen LogP contribution in [0.5, 0.6) is 0 Å². The largest absolute Gasteiger partial charge is 0.395 e. The van der Waals surface area contributed by atoms with Crippen molar-refractivity contribution >= 4 is 46.7 Å². The molecule has 35 heavy (non-hydrogen) atoms. The van der Waals surface area contributed by atoms with E-state index in [2.05, 4.69) is 21.3 Å². The molecule has 0 aromatic heterocycles. The molecule has 192 valence electrons. The molecule has 10 nitrogen and oxygen atoms in total. The number of anilines is 1. The molecule has 14 heteroatoms. The van der Waals surface area contributed by atoms with Crippen LogP contribution in [0.3, 0.4) is 0 Å². The maximum absolute atomic E-state index is 13.0. The molecule has 1 aliphatic rings. The zero-order chi connectivity index (χ0) is 26.2. The lowest BCUT2D eigenvalue weighted by Gasteiger charge is -2.20. The molecule has 2 unspecified atom stereocenters. The molecule has 0 bridgehead atoms. The molecule has 2 rings (SSSR count). The highest BCUT2D eigenvalue weighted by Gasteiger charge is 2.34. The quantitative estimate of drug-likeness (QED) is 0.273. The lowest BCUT2D eigenvalue weighted by molar-refractivity contribution is -0.142. The molecule has 1 aromatic rings. The number of aliphatic hydroxyl groups is 1. The summed E-state index contributed by atoms with van der Waals surface area (Å²) in [5.74, 6) is -5.12. The first-order valence-electron chi connectivity index (χ1n) is 10.6. The molecule has 1 aliphatic heterocycles. The first-order valence-corrected chi connectivity index (χ1v) is 11.0. The Labute approximate surface area is 203 Å². The van der Waals surface area contributed by atoms with Crippen molar-refractivity contribution in [3.8, 4) is 0 Å². The van der Waals surface area contributed by atoms with Gasteiger partial charge in [-0.2, -0.15) is 13.2 Å². The Morgan fingerprint density at radius 1 is 1.23 bits per heavy atom. The van der Waals surface area contributed by atoms with Crippen LogP contribution in [-0.4, -0.2) is 66.4 Å². The first kappa shape index (κ1) is 28.1. The third-order valence-corrected chi connectivity index (χ3v) is 5.30. The van der Waals surface area contributed by atoms with Gasteiger partial charge < -0.3 is 26.4 Å². The van der Waals surface area contributed by atoms with Gasteiger partial charge in [0.25, 0.3) is 11.8 Å². The van der Waals surface area contributed by atoms with Crippen molar-refractivity contribution in [1.82, 2.24) is 16.0 Å². The minimum atomic E-state index is -4.55. The molecule has 4 amide bonds. The fourth-order valence-electron chi connectivity index (χ4n) is 3.32. The van der Waals surface area contributed by atoms with Gasteiger partial charge >= 0.3 is 6.18 Å². The molecule has 0 aliphatic carbocycles. The molecule has 2 atom stereocenters. The van der Waals surface area contributed by atoms with Crippen LogP contribution in [0.1, 0.15) is 36.0 Å². The predicted octanol–water partition coefficient (Wildman–Crippen LogP) is 0.923. The van der Waals surface area contributed by atoms with E-state index in [-0.39, 0.29) is 35.1 Å². The van der Waals surface area contributed by atoms with Crippen molar-refractivity contribution < 1.29 is 42.3 Å². The van der Waals surface area contributed by atoms with Crippen LogP contribution in [0.15, 0.2) is 18.2 Å². The smallest absolute Gasteiger partial charge is 0.389 e. The molecule has 0 radical (unpaired) electrons. The molecule has 1 heterocycles. The van der Waals surface area contributed by atoms with Gasteiger partial charge in [-0.3, -0.25) is 24.0 Å². The van der Waals surface area contributed by atoms with Crippen molar-refractivity contribution in [2.75, 3.05) is 25.0 Å². The minimum absolute atomic E-state index is 0.0576. The summed E-state index contributed by atoms with van der Waals surface area (Å²) in [5.41, 5.74) is -0.420. The van der Waals surface area contributed by atoms with Crippen molar-refractivity contribution in [3.63, 3.8) is 0 Å². The Morgan fingerprint density at radius 3 is 2.54 bits per heavy atom. The highest BCUT2D eigenvalue weighted by atomic mass is 35.5. The SMILES string of the molecule is O=C(CCC(F)(F)F)Nc1ccc(Cl)cc1C(=O)NC(CC1CCNC1=O)C(=O)C(=O)NCCO. The fourth-order valence-corrected chi connectivity index (χ4v) is 3.49. The van der Waals surface area contributed by atoms with Gasteiger partial charge in [-0.1, -0.05) is 11.6 Å². The van der Waals surface area contributed by atoms with Crippen molar-refractivity contribution in [3.05, 3.63) is 28.8 Å². The summed E-state index contributed by atoms with van der Waals surface area (Å²) < 4.78 is 37.2. The third kappa shape index (κ3) is 8.83. The summed E-state index contributed by atoms with van der Waals surface area (Å²) in [7, 11) is 0. The number of rotatable bonds is 11. The van der Waals surface area contributed by atoms with Gasteiger partial charge in [0, 0.05) is 30.5 Å². The van der Waals surface area contributed by atoms with Crippen LogP contribution in [0.25, 0.3) is 0 Å². The van der Waals surface area contributed by atoms with E-state index in [9.17, 15) is 37.1 Å². The minimum Gasteiger partial charge on any atom is -0.395 e. The number of carbonyl (C=O) groups excluding carboxylic acids is 5. The predicted molar refractivity (Wildman–Crippen MR) is 117 cm³/mol. The monoisotopic (exact) mass is 520 g/mol. The molecule has 0 spiro atoms. The number of Topliss-reactive ketones (excluding diaryl/α,β-unsaturated/α-hetero) is 1. The molecule has 1 saturated heterocycles. The van der Waals surface area contributed by atoms with Crippen LogP contribution in [0, 0.1) is 5.92 Å². The highest BCUT2D eigenvalue weighted by Crippen LogP contribution is 2.25. The standard InChI is InChI=1S/C21H24ClF3N4O6/c22-12-1-2-14(28-16(31)3-5-21(23,24)25)13(10-12)19(34)29-15(9-11-4-6-26-18(11)33)17(32)20(35)27-7-8-30/h1-2,10-11,15,30H,3-9H2,(H,26,33)(H,27,35)(H,28,31)(H,29,34). The maximum Gasteiger partial charge on any atom is 0.389 e. The summed E-state index contributed by atoms with van der Waals surface area (Å²) in [4.78, 5) is 61.7. The third-order valence-electron chi connectivity index (χ3n) is 5.06. The summed E-state index contributed by atoms with van der Waals surface area (Å²) in [6.07, 6.45) is -6.62. The van der Waals surface area contributed by atoms with Crippen molar-refractivity contribution in [1.29, 1.82) is 0 Å².